The van der Waals surface area contributed by atoms with Crippen LogP contribution in [0.5, 0.6) is 5.75 Å². The Morgan fingerprint density at radius 1 is 1.13 bits per heavy atom. The van der Waals surface area contributed by atoms with Gasteiger partial charge in [0.25, 0.3) is 5.91 Å². The van der Waals surface area contributed by atoms with E-state index in [4.69, 9.17) is 0 Å². The van der Waals surface area contributed by atoms with Crippen LogP contribution in [0.1, 0.15) is 39.5 Å². The van der Waals surface area contributed by atoms with Crippen LogP contribution < -0.4 is 5.43 Å². The highest BCUT2D eigenvalue weighted by Gasteiger charge is 2.42. The van der Waals surface area contributed by atoms with Crippen molar-refractivity contribution in [1.82, 2.24) is 19.7 Å². The van der Waals surface area contributed by atoms with Gasteiger partial charge in [-0.25, -0.2) is 0 Å². The van der Waals surface area contributed by atoms with Crippen LogP contribution in [0.25, 0.3) is 0 Å². The van der Waals surface area contributed by atoms with Crippen LogP contribution in [0.15, 0.2) is 64.8 Å². The zero-order valence-electron chi connectivity index (χ0n) is 16.2. The molecule has 1 N–H and O–H groups in total. The second-order valence-electron chi connectivity index (χ2n) is 7.58. The van der Waals surface area contributed by atoms with Crippen molar-refractivity contribution in [3.8, 4) is 5.75 Å². The van der Waals surface area contributed by atoms with Crippen molar-refractivity contribution in [3.63, 3.8) is 0 Å². The molecule has 150 valence electrons. The second-order valence-corrected chi connectivity index (χ2v) is 7.58. The summed E-state index contributed by atoms with van der Waals surface area (Å²) in [5.41, 5.74) is 2.17. The number of hydrogen-bond donors (Lipinski definition) is 1. The average molecular weight is 401 g/mol. The Morgan fingerprint density at radius 2 is 1.93 bits per heavy atom. The molecule has 4 heterocycles. The van der Waals surface area contributed by atoms with E-state index in [0.29, 0.717) is 6.54 Å². The Bertz CT molecular complexity index is 1220. The molecule has 3 unspecified atom stereocenters. The van der Waals surface area contributed by atoms with E-state index < -0.39 is 17.1 Å². The minimum absolute atomic E-state index is 0.0757. The minimum atomic E-state index is -0.668. The van der Waals surface area contributed by atoms with Crippen molar-refractivity contribution < 1.29 is 9.90 Å². The van der Waals surface area contributed by atoms with Gasteiger partial charge in [0.15, 0.2) is 11.4 Å². The van der Waals surface area contributed by atoms with E-state index in [1.165, 1.54) is 9.58 Å². The first-order valence-electron chi connectivity index (χ1n) is 9.65. The number of rotatable bonds is 3. The molecule has 1 amide bonds. The minimum Gasteiger partial charge on any atom is -0.502 e. The summed E-state index contributed by atoms with van der Waals surface area (Å²) in [5, 5.41) is 14.6. The van der Waals surface area contributed by atoms with Gasteiger partial charge in [0, 0.05) is 37.8 Å². The quantitative estimate of drug-likeness (QED) is 0.726. The van der Waals surface area contributed by atoms with E-state index in [2.05, 4.69) is 15.1 Å². The molecule has 30 heavy (non-hydrogen) atoms. The van der Waals surface area contributed by atoms with Gasteiger partial charge >= 0.3 is 0 Å². The number of carbonyl (C=O) groups excluding carboxylic acids is 1. The monoisotopic (exact) mass is 401 g/mol. The fourth-order valence-corrected chi connectivity index (χ4v) is 4.45. The number of aliphatic imine (C=N–C) groups is 1. The number of carbonyl (C=O) groups is 1. The molecule has 8 heteroatoms. The number of pyridine rings is 1. The molecule has 3 aromatic rings. The van der Waals surface area contributed by atoms with E-state index in [9.17, 15) is 14.7 Å². The number of aromatic hydroxyl groups is 1. The molecule has 2 aliphatic rings. The molecule has 0 bridgehead atoms. The zero-order valence-corrected chi connectivity index (χ0v) is 16.2. The van der Waals surface area contributed by atoms with Crippen molar-refractivity contribution >= 4 is 17.8 Å². The normalized spacial score (nSPS) is 20.7. The Kier molecular flexibility index (Phi) is 4.20. The van der Waals surface area contributed by atoms with E-state index in [-0.39, 0.29) is 23.6 Å². The molecular formula is C22H19N5O3. The zero-order chi connectivity index (χ0) is 20.8. The molecule has 3 atom stereocenters. The van der Waals surface area contributed by atoms with E-state index in [0.717, 1.165) is 23.0 Å². The summed E-state index contributed by atoms with van der Waals surface area (Å²) in [4.78, 5) is 35.0. The van der Waals surface area contributed by atoms with Crippen molar-refractivity contribution in [2.45, 2.75) is 17.9 Å². The van der Waals surface area contributed by atoms with Crippen molar-refractivity contribution in [2.75, 3.05) is 13.6 Å². The highest BCUT2D eigenvalue weighted by molar-refractivity contribution is 5.95. The number of hydrogen-bond acceptors (Lipinski definition) is 6. The summed E-state index contributed by atoms with van der Waals surface area (Å²) in [5.74, 6) is -1.20. The maximum Gasteiger partial charge on any atom is 0.275 e. The van der Waals surface area contributed by atoms with E-state index in [1.807, 2.05) is 42.6 Å². The number of aromatic nitrogens is 3. The van der Waals surface area contributed by atoms with Crippen molar-refractivity contribution in [3.05, 3.63) is 82.0 Å². The summed E-state index contributed by atoms with van der Waals surface area (Å²) in [6, 6.07) is 11.6. The fourth-order valence-electron chi connectivity index (χ4n) is 4.45. The third-order valence-corrected chi connectivity index (χ3v) is 5.86. The van der Waals surface area contributed by atoms with Crippen LogP contribution in [0.4, 0.5) is 5.69 Å². The molecule has 0 radical (unpaired) electrons. The largest absolute Gasteiger partial charge is 0.502 e. The lowest BCUT2D eigenvalue weighted by molar-refractivity contribution is 0.0677. The Labute approximate surface area is 172 Å². The lowest BCUT2D eigenvalue weighted by Crippen LogP contribution is -2.45. The Morgan fingerprint density at radius 3 is 2.73 bits per heavy atom. The number of amides is 1. The summed E-state index contributed by atoms with van der Waals surface area (Å²) in [7, 11) is 1.67. The third-order valence-electron chi connectivity index (χ3n) is 5.86. The van der Waals surface area contributed by atoms with Gasteiger partial charge in [0.05, 0.1) is 24.1 Å². The first kappa shape index (κ1) is 18.2. The van der Waals surface area contributed by atoms with Gasteiger partial charge in [0.1, 0.15) is 0 Å². The van der Waals surface area contributed by atoms with Crippen LogP contribution in [0.3, 0.4) is 0 Å². The number of fused-ring (bicyclic) bond motifs is 2. The summed E-state index contributed by atoms with van der Waals surface area (Å²) >= 11 is 0. The maximum absolute atomic E-state index is 12.7. The topological polar surface area (TPSA) is 101 Å². The smallest absolute Gasteiger partial charge is 0.275 e. The van der Waals surface area contributed by atoms with Gasteiger partial charge in [-0.05, 0) is 17.2 Å². The summed E-state index contributed by atoms with van der Waals surface area (Å²) in [6.07, 6.45) is 6.45. The van der Waals surface area contributed by atoms with Gasteiger partial charge in [-0.15, -0.1) is 0 Å². The maximum atomic E-state index is 12.7. The Hall–Kier alpha value is -3.81. The van der Waals surface area contributed by atoms with Gasteiger partial charge < -0.3 is 10.0 Å². The van der Waals surface area contributed by atoms with Crippen LogP contribution in [0, 0.1) is 0 Å². The molecule has 1 aromatic carbocycles. The average Bonchev–Trinajstić information content (AvgIpc) is 3.18. The molecule has 8 nitrogen and oxygen atoms in total. The highest BCUT2D eigenvalue weighted by Crippen LogP contribution is 2.47. The molecule has 0 saturated heterocycles. The lowest BCUT2D eigenvalue weighted by Gasteiger charge is -2.39. The first-order chi connectivity index (χ1) is 14.6. The Balaban J connectivity index is 1.72. The predicted octanol–water partition coefficient (Wildman–Crippen LogP) is 2.25. The molecular weight excluding hydrogens is 382 g/mol. The molecule has 2 aromatic heterocycles. The fraction of sp³-hybridized carbons (Fsp3) is 0.227. The summed E-state index contributed by atoms with van der Waals surface area (Å²) in [6.45, 7) is 0.380. The van der Waals surface area contributed by atoms with Crippen molar-refractivity contribution in [1.29, 1.82) is 0 Å². The molecule has 0 aliphatic carbocycles. The lowest BCUT2D eigenvalue weighted by atomic mass is 9.77. The predicted molar refractivity (Wildman–Crippen MR) is 110 cm³/mol. The van der Waals surface area contributed by atoms with Crippen LogP contribution in [0.2, 0.25) is 0 Å². The van der Waals surface area contributed by atoms with Crippen LogP contribution >= 0.6 is 0 Å². The third kappa shape index (κ3) is 2.72. The van der Waals surface area contributed by atoms with E-state index in [1.54, 1.807) is 19.4 Å². The highest BCUT2D eigenvalue weighted by atomic mass is 16.3. The number of likely N-dealkylation sites (N-methyl/N-ethyl adjacent to an activating group) is 1. The van der Waals surface area contributed by atoms with Crippen LogP contribution in [-0.2, 0) is 0 Å². The molecule has 0 fully saturated rings. The number of benzene rings is 1. The first-order valence-corrected chi connectivity index (χ1v) is 9.65. The van der Waals surface area contributed by atoms with Gasteiger partial charge in [-0.1, -0.05) is 30.3 Å². The van der Waals surface area contributed by atoms with E-state index >= 15 is 0 Å². The second kappa shape index (κ2) is 6.91. The van der Waals surface area contributed by atoms with Gasteiger partial charge in [0.2, 0.25) is 5.43 Å². The summed E-state index contributed by atoms with van der Waals surface area (Å²) < 4.78 is 1.50. The molecule has 5 rings (SSSR count). The standard InChI is InChI=1S/C22H19N5O3/c1-26-12-17(27-20(22(26)30)21(29)18(28)11-25-27)19(13-5-3-2-4-6-13)15-9-24-16-10-23-8-7-14(15)16/h2-11,15,17,19,29H,12H2,1H3. The molecule has 0 saturated carbocycles. The van der Waals surface area contributed by atoms with Crippen LogP contribution in [-0.4, -0.2) is 50.5 Å². The number of nitrogens with zero attached hydrogens (tertiary/aromatic N) is 5. The van der Waals surface area contributed by atoms with Gasteiger partial charge in [-0.2, -0.15) is 5.10 Å². The molecule has 2 aliphatic heterocycles. The SMILES string of the molecule is CN1CC(C(c2ccccc2)C2C=Nc3cnccc32)n2ncc(=O)c(O)c2C1=O. The molecule has 0 spiro atoms. The van der Waals surface area contributed by atoms with Gasteiger partial charge in [-0.3, -0.25) is 24.2 Å². The van der Waals surface area contributed by atoms with Crippen molar-refractivity contribution in [2.24, 2.45) is 4.99 Å².